The molecule has 0 spiro atoms. The van der Waals surface area contributed by atoms with E-state index in [1.54, 1.807) is 28.8 Å². The lowest BCUT2D eigenvalue weighted by Crippen LogP contribution is -2.30. The number of ether oxygens (including phenoxy) is 4. The van der Waals surface area contributed by atoms with Crippen molar-refractivity contribution in [2.45, 2.75) is 39.2 Å². The van der Waals surface area contributed by atoms with Crippen molar-refractivity contribution in [3.8, 4) is 11.5 Å². The first-order valence-electron chi connectivity index (χ1n) is 13.5. The van der Waals surface area contributed by atoms with Crippen molar-refractivity contribution in [1.82, 2.24) is 9.88 Å². The van der Waals surface area contributed by atoms with Gasteiger partial charge in [-0.3, -0.25) is 19.7 Å². The molecule has 1 aromatic heterocycles. The molecule has 2 aromatic carbocycles. The molecule has 0 saturated heterocycles. The Morgan fingerprint density at radius 2 is 1.85 bits per heavy atom. The van der Waals surface area contributed by atoms with Crippen molar-refractivity contribution in [2.24, 2.45) is 0 Å². The van der Waals surface area contributed by atoms with E-state index in [1.165, 1.54) is 24.3 Å². The first-order valence-corrected chi connectivity index (χ1v) is 13.5. The molecule has 1 N–H and O–H groups in total. The number of hydrogen-bond acceptors (Lipinski definition) is 7. The molecule has 0 atom stereocenters. The van der Waals surface area contributed by atoms with Gasteiger partial charge in [-0.15, -0.1) is 0 Å². The van der Waals surface area contributed by atoms with Gasteiger partial charge in [-0.25, -0.2) is 0 Å². The third kappa shape index (κ3) is 5.51. The maximum Gasteiger partial charge on any atom is 0.246 e. The number of amides is 1. The van der Waals surface area contributed by atoms with Crippen molar-refractivity contribution in [1.29, 1.82) is 0 Å². The van der Waals surface area contributed by atoms with Crippen LogP contribution in [-0.2, 0) is 27.2 Å². The summed E-state index contributed by atoms with van der Waals surface area (Å²) in [6.45, 7) is 1.84. The quantitative estimate of drug-likeness (QED) is 0.393. The topological polar surface area (TPSA) is 105 Å². The van der Waals surface area contributed by atoms with Crippen molar-refractivity contribution >= 4 is 22.6 Å². The van der Waals surface area contributed by atoms with Gasteiger partial charge in [-0.05, 0) is 30.9 Å². The minimum absolute atomic E-state index is 0.0183. The van der Waals surface area contributed by atoms with Crippen LogP contribution in [0.3, 0.4) is 0 Å². The predicted octanol–water partition coefficient (Wildman–Crippen LogP) is 4.99. The number of pyridine rings is 1. The van der Waals surface area contributed by atoms with Gasteiger partial charge in [0, 0.05) is 24.2 Å². The fourth-order valence-electron chi connectivity index (χ4n) is 4.97. The summed E-state index contributed by atoms with van der Waals surface area (Å²) in [6.07, 6.45) is 13.7. The molecule has 3 aliphatic rings. The molecule has 0 radical (unpaired) electrons. The number of benzene rings is 2. The van der Waals surface area contributed by atoms with Crippen LogP contribution in [0.1, 0.15) is 47.7 Å². The normalized spacial score (nSPS) is 15.4. The highest BCUT2D eigenvalue weighted by Gasteiger charge is 2.23. The van der Waals surface area contributed by atoms with E-state index in [-0.39, 0.29) is 30.2 Å². The van der Waals surface area contributed by atoms with Crippen molar-refractivity contribution in [2.75, 3.05) is 6.79 Å². The Morgan fingerprint density at radius 3 is 2.61 bits per heavy atom. The fourth-order valence-corrected chi connectivity index (χ4v) is 4.97. The Kier molecular flexibility index (Phi) is 7.16. The smallest absolute Gasteiger partial charge is 0.246 e. The number of ketones is 1. The van der Waals surface area contributed by atoms with Crippen LogP contribution < -0.4 is 20.2 Å². The largest absolute Gasteiger partial charge is 0.464 e. The van der Waals surface area contributed by atoms with Crippen LogP contribution in [0.5, 0.6) is 11.5 Å². The number of fused-ring (bicyclic) bond motifs is 2. The number of carbonyl (C=O) groups excluding carboxylic acids is 2. The molecule has 2 aliphatic heterocycles. The highest BCUT2D eigenvalue weighted by Crippen LogP contribution is 2.35. The summed E-state index contributed by atoms with van der Waals surface area (Å²) in [4.78, 5) is 40.2. The third-order valence-electron chi connectivity index (χ3n) is 7.14. The van der Waals surface area contributed by atoms with Crippen LogP contribution in [0.2, 0.25) is 0 Å². The van der Waals surface area contributed by atoms with Crippen LogP contribution in [-0.4, -0.2) is 23.1 Å². The van der Waals surface area contributed by atoms with Crippen molar-refractivity contribution in [3.63, 3.8) is 0 Å². The highest BCUT2D eigenvalue weighted by molar-refractivity contribution is 6.10. The third-order valence-corrected chi connectivity index (χ3v) is 7.14. The fraction of sp³-hybridized carbons (Fsp3) is 0.219. The zero-order valence-corrected chi connectivity index (χ0v) is 22.5. The Hall–Kier alpha value is -5.05. The molecule has 1 amide bonds. The monoisotopic (exact) mass is 552 g/mol. The van der Waals surface area contributed by atoms with Gasteiger partial charge in [0.25, 0.3) is 0 Å². The number of aromatic nitrogens is 1. The summed E-state index contributed by atoms with van der Waals surface area (Å²) < 4.78 is 23.8. The second-order valence-corrected chi connectivity index (χ2v) is 9.92. The second-order valence-electron chi connectivity index (χ2n) is 9.92. The van der Waals surface area contributed by atoms with Crippen LogP contribution in [0, 0.1) is 0 Å². The van der Waals surface area contributed by atoms with Gasteiger partial charge in [-0.2, -0.15) is 0 Å². The first-order chi connectivity index (χ1) is 20.0. The highest BCUT2D eigenvalue weighted by atomic mass is 16.7. The first kappa shape index (κ1) is 26.2. The minimum Gasteiger partial charge on any atom is -0.464 e. The van der Waals surface area contributed by atoms with Gasteiger partial charge in [0.05, 0.1) is 16.5 Å². The van der Waals surface area contributed by atoms with E-state index >= 15 is 0 Å². The number of rotatable bonds is 8. The number of nitrogens with zero attached hydrogens (tertiary/aromatic N) is 1. The van der Waals surface area contributed by atoms with E-state index in [4.69, 9.17) is 18.9 Å². The molecule has 6 rings (SSSR count). The van der Waals surface area contributed by atoms with Crippen molar-refractivity contribution < 1.29 is 28.5 Å². The Balaban J connectivity index is 1.27. The molecule has 9 nitrogen and oxygen atoms in total. The van der Waals surface area contributed by atoms with Gasteiger partial charge >= 0.3 is 0 Å². The molecule has 0 fully saturated rings. The van der Waals surface area contributed by atoms with E-state index in [9.17, 15) is 14.4 Å². The Bertz CT molecular complexity index is 1730. The molecule has 0 saturated carbocycles. The lowest BCUT2D eigenvalue weighted by Gasteiger charge is -2.19. The van der Waals surface area contributed by atoms with E-state index < -0.39 is 17.1 Å². The van der Waals surface area contributed by atoms with Gasteiger partial charge in [0.2, 0.25) is 24.0 Å². The van der Waals surface area contributed by atoms with E-state index in [0.29, 0.717) is 34.8 Å². The SMILES string of the molecule is CCc1ccc(C(=O)c2cn(CC(=O)NC3=COC=C(CC4=CC=CCC4)O3)c3cc4c(cc3c2=O)OCO4)cc1. The van der Waals surface area contributed by atoms with Crippen LogP contribution in [0.15, 0.2) is 95.4 Å². The Morgan fingerprint density at radius 1 is 1.05 bits per heavy atom. The molecule has 1 aliphatic carbocycles. The molecular weight excluding hydrogens is 524 g/mol. The Labute approximate surface area is 236 Å². The van der Waals surface area contributed by atoms with Gasteiger partial charge < -0.3 is 23.5 Å². The average Bonchev–Trinajstić information content (AvgIpc) is 3.46. The summed E-state index contributed by atoms with van der Waals surface area (Å²) >= 11 is 0. The molecule has 208 valence electrons. The van der Waals surface area contributed by atoms with Crippen LogP contribution >= 0.6 is 0 Å². The number of nitrogens with one attached hydrogen (secondary N) is 1. The van der Waals surface area contributed by atoms with E-state index in [0.717, 1.165) is 24.8 Å². The van der Waals surface area contributed by atoms with Crippen LogP contribution in [0.4, 0.5) is 0 Å². The molecule has 3 heterocycles. The molecule has 0 bridgehead atoms. The summed E-state index contributed by atoms with van der Waals surface area (Å²) in [5, 5.41) is 2.97. The molecular formula is C32H28N2O7. The molecule has 41 heavy (non-hydrogen) atoms. The molecule has 3 aromatic rings. The predicted molar refractivity (Wildman–Crippen MR) is 151 cm³/mol. The van der Waals surface area contributed by atoms with E-state index in [2.05, 4.69) is 11.4 Å². The van der Waals surface area contributed by atoms with Crippen molar-refractivity contribution in [3.05, 3.63) is 117 Å². The summed E-state index contributed by atoms with van der Waals surface area (Å²) in [6, 6.07) is 10.3. The number of allylic oxidation sites excluding steroid dienone is 4. The minimum atomic E-state index is -0.451. The molecule has 9 heteroatoms. The molecule has 0 unspecified atom stereocenters. The summed E-state index contributed by atoms with van der Waals surface area (Å²) in [5.41, 5.74) is 2.60. The maximum absolute atomic E-state index is 13.5. The standard InChI is InChI=1S/C32H28N2O7/c1-2-20-8-10-22(11-9-20)31(36)25-15-34(26-14-28-27(39-19-40-28)13-24(26)32(25)37)16-29(35)33-30-18-38-17-23(41-30)12-21-6-4-3-5-7-21/h3-4,6,8-11,13-15,17-18H,2,5,7,12,16,19H2,1H3,(H,33,35). The lowest BCUT2D eigenvalue weighted by atomic mass is 10.0. The maximum atomic E-state index is 13.5. The number of carbonyl (C=O) groups is 2. The number of aryl methyl sites for hydroxylation is 1. The van der Waals surface area contributed by atoms with Crippen LogP contribution in [0.25, 0.3) is 10.9 Å². The van der Waals surface area contributed by atoms with Gasteiger partial charge in [0.1, 0.15) is 18.6 Å². The zero-order chi connectivity index (χ0) is 28.3. The number of hydrogen-bond donors (Lipinski definition) is 1. The zero-order valence-electron chi connectivity index (χ0n) is 22.5. The van der Waals surface area contributed by atoms with Gasteiger partial charge in [0.15, 0.2) is 23.5 Å². The second kappa shape index (κ2) is 11.2. The van der Waals surface area contributed by atoms with E-state index in [1.807, 2.05) is 31.2 Å². The summed E-state index contributed by atoms with van der Waals surface area (Å²) in [7, 11) is 0. The summed E-state index contributed by atoms with van der Waals surface area (Å²) in [5.74, 6) is 0.716. The van der Waals surface area contributed by atoms with Gasteiger partial charge in [-0.1, -0.05) is 55.0 Å². The average molecular weight is 553 g/mol. The lowest BCUT2D eigenvalue weighted by molar-refractivity contribution is -0.121.